The first-order valence-electron chi connectivity index (χ1n) is 7.37. The summed E-state index contributed by atoms with van der Waals surface area (Å²) in [5.41, 5.74) is 5.64. The number of ether oxygens (including phenoxy) is 1. The third-order valence-corrected chi connectivity index (χ3v) is 4.22. The van der Waals surface area contributed by atoms with Crippen molar-refractivity contribution in [2.45, 2.75) is 19.5 Å². The number of nitrogens with zero attached hydrogens (tertiary/aromatic N) is 1. The normalized spacial score (nSPS) is 18.2. The molecule has 0 aliphatic carbocycles. The molecule has 1 aliphatic rings. The fourth-order valence-corrected chi connectivity index (χ4v) is 2.91. The number of alkyl halides is 2. The van der Waals surface area contributed by atoms with Crippen LogP contribution in [0.1, 0.15) is 18.4 Å². The highest BCUT2D eigenvalue weighted by Crippen LogP contribution is 2.26. The molecule has 0 saturated carbocycles. The minimum Gasteiger partial charge on any atom is -0.434 e. The van der Waals surface area contributed by atoms with Crippen molar-refractivity contribution in [2.24, 2.45) is 11.7 Å². The average molecular weight is 403 g/mol. The van der Waals surface area contributed by atoms with Gasteiger partial charge in [0.05, 0.1) is 5.92 Å². The van der Waals surface area contributed by atoms with E-state index in [1.807, 2.05) is 0 Å². The van der Waals surface area contributed by atoms with E-state index < -0.39 is 12.5 Å². The molecule has 0 radical (unpaired) electrons. The number of nitrogens with two attached hydrogens (primary N) is 1. The summed E-state index contributed by atoms with van der Waals surface area (Å²) in [7, 11) is 0. The van der Waals surface area contributed by atoms with Crippen LogP contribution in [0.2, 0.25) is 0 Å². The molecule has 1 saturated heterocycles. The van der Waals surface area contributed by atoms with Gasteiger partial charge in [-0.2, -0.15) is 8.78 Å². The highest BCUT2D eigenvalue weighted by atomic mass is 79.9. The number of hydrogen-bond acceptors (Lipinski definition) is 3. The molecule has 2 amide bonds. The Bertz CT molecular complexity index is 652. The van der Waals surface area contributed by atoms with Crippen molar-refractivity contribution >= 4 is 33.8 Å². The first kappa shape index (κ1) is 18.4. The Labute approximate surface area is 146 Å². The average Bonchev–Trinajstić information content (AvgIpc) is 2.54. The lowest BCUT2D eigenvalue weighted by molar-refractivity contribution is -0.130. The Morgan fingerprint density at radius 3 is 2.83 bits per heavy atom. The van der Waals surface area contributed by atoms with Gasteiger partial charge in [0.15, 0.2) is 0 Å². The van der Waals surface area contributed by atoms with Crippen LogP contribution in [0.5, 0.6) is 5.75 Å². The van der Waals surface area contributed by atoms with E-state index >= 15 is 0 Å². The lowest BCUT2D eigenvalue weighted by atomic mass is 9.97. The van der Waals surface area contributed by atoms with Crippen LogP contribution in [-0.2, 0) is 9.59 Å². The van der Waals surface area contributed by atoms with Gasteiger partial charge in [0.25, 0.3) is 0 Å². The highest BCUT2D eigenvalue weighted by Gasteiger charge is 2.25. The molecule has 1 unspecified atom stereocenters. The van der Waals surface area contributed by atoms with Crippen LogP contribution < -0.4 is 10.5 Å². The summed E-state index contributed by atoms with van der Waals surface area (Å²) in [4.78, 5) is 25.0. The summed E-state index contributed by atoms with van der Waals surface area (Å²) in [6.07, 6.45) is 4.06. The third-order valence-electron chi connectivity index (χ3n) is 3.73. The predicted octanol–water partition coefficient (Wildman–Crippen LogP) is 2.79. The molecule has 0 spiro atoms. The van der Waals surface area contributed by atoms with Gasteiger partial charge in [-0.1, -0.05) is 15.9 Å². The zero-order chi connectivity index (χ0) is 17.7. The summed E-state index contributed by atoms with van der Waals surface area (Å²) in [5.74, 6) is -1.09. The smallest absolute Gasteiger partial charge is 0.387 e. The SMILES string of the molecule is NC(=O)C1CCCN(C(=O)/C=C/c2cc(Br)ccc2OC(F)F)C1. The Kier molecular flexibility index (Phi) is 6.30. The van der Waals surface area contributed by atoms with Gasteiger partial charge >= 0.3 is 6.61 Å². The van der Waals surface area contributed by atoms with Crippen molar-refractivity contribution < 1.29 is 23.1 Å². The molecule has 1 aromatic rings. The number of likely N-dealkylation sites (tertiary alicyclic amines) is 1. The monoisotopic (exact) mass is 402 g/mol. The molecular weight excluding hydrogens is 386 g/mol. The molecule has 0 aromatic heterocycles. The van der Waals surface area contributed by atoms with Crippen LogP contribution in [0.15, 0.2) is 28.7 Å². The predicted molar refractivity (Wildman–Crippen MR) is 88.3 cm³/mol. The third kappa shape index (κ3) is 5.02. The van der Waals surface area contributed by atoms with E-state index in [9.17, 15) is 18.4 Å². The zero-order valence-electron chi connectivity index (χ0n) is 12.8. The maximum atomic E-state index is 12.4. The van der Waals surface area contributed by atoms with Gasteiger partial charge in [0.1, 0.15) is 5.75 Å². The van der Waals surface area contributed by atoms with Crippen molar-refractivity contribution in [3.63, 3.8) is 0 Å². The van der Waals surface area contributed by atoms with Crippen molar-refractivity contribution in [1.82, 2.24) is 4.90 Å². The summed E-state index contributed by atoms with van der Waals surface area (Å²) in [6.45, 7) is -2.14. The lowest BCUT2D eigenvalue weighted by Gasteiger charge is -2.30. The lowest BCUT2D eigenvalue weighted by Crippen LogP contribution is -2.43. The summed E-state index contributed by atoms with van der Waals surface area (Å²) in [5, 5.41) is 0. The largest absolute Gasteiger partial charge is 0.434 e. The molecule has 2 N–H and O–H groups in total. The van der Waals surface area contributed by atoms with E-state index in [1.165, 1.54) is 23.1 Å². The second-order valence-corrected chi connectivity index (χ2v) is 6.34. The number of piperidine rings is 1. The van der Waals surface area contributed by atoms with Crippen LogP contribution >= 0.6 is 15.9 Å². The molecular formula is C16H17BrF2N2O3. The fraction of sp³-hybridized carbons (Fsp3) is 0.375. The zero-order valence-corrected chi connectivity index (χ0v) is 14.3. The van der Waals surface area contributed by atoms with E-state index in [-0.39, 0.29) is 24.1 Å². The van der Waals surface area contributed by atoms with E-state index in [0.29, 0.717) is 29.4 Å². The van der Waals surface area contributed by atoms with Crippen LogP contribution in [0.3, 0.4) is 0 Å². The van der Waals surface area contributed by atoms with Crippen molar-refractivity contribution in [3.8, 4) is 5.75 Å². The minimum atomic E-state index is -2.95. The van der Waals surface area contributed by atoms with Gasteiger partial charge in [0.2, 0.25) is 11.8 Å². The Balaban J connectivity index is 2.11. The number of amides is 2. The Morgan fingerprint density at radius 2 is 2.17 bits per heavy atom. The van der Waals surface area contributed by atoms with Gasteiger partial charge in [-0.05, 0) is 37.1 Å². The molecule has 5 nitrogen and oxygen atoms in total. The van der Waals surface area contributed by atoms with Gasteiger partial charge < -0.3 is 15.4 Å². The van der Waals surface area contributed by atoms with Crippen LogP contribution in [-0.4, -0.2) is 36.4 Å². The van der Waals surface area contributed by atoms with Gasteiger partial charge in [-0.3, -0.25) is 9.59 Å². The summed E-state index contributed by atoms with van der Waals surface area (Å²) >= 11 is 3.25. The number of primary amides is 1. The molecule has 1 heterocycles. The molecule has 1 aromatic carbocycles. The number of benzene rings is 1. The van der Waals surface area contributed by atoms with E-state index in [0.717, 1.165) is 0 Å². The number of carbonyl (C=O) groups excluding carboxylic acids is 2. The summed E-state index contributed by atoms with van der Waals surface area (Å²) < 4.78 is 30.0. The van der Waals surface area contributed by atoms with Crippen LogP contribution in [0.25, 0.3) is 6.08 Å². The molecule has 1 aliphatic heterocycles. The second-order valence-electron chi connectivity index (χ2n) is 5.42. The molecule has 8 heteroatoms. The van der Waals surface area contributed by atoms with Gasteiger partial charge in [-0.15, -0.1) is 0 Å². The van der Waals surface area contributed by atoms with Crippen molar-refractivity contribution in [1.29, 1.82) is 0 Å². The molecule has 1 fully saturated rings. The topological polar surface area (TPSA) is 72.6 Å². The Hall–Kier alpha value is -1.96. The maximum absolute atomic E-state index is 12.4. The van der Waals surface area contributed by atoms with Gasteiger partial charge in [-0.25, -0.2) is 0 Å². The quantitative estimate of drug-likeness (QED) is 0.769. The number of halogens is 3. The molecule has 1 atom stereocenters. The molecule has 24 heavy (non-hydrogen) atoms. The van der Waals surface area contributed by atoms with Crippen LogP contribution in [0, 0.1) is 5.92 Å². The standard InChI is InChI=1S/C16H17BrF2N2O3/c17-12-4-5-13(24-16(18)19)10(8-12)3-6-14(22)21-7-1-2-11(9-21)15(20)23/h3-6,8,11,16H,1-2,7,9H2,(H2,20,23)/b6-3+. The van der Waals surface area contributed by atoms with Crippen molar-refractivity contribution in [3.05, 3.63) is 34.3 Å². The first-order chi connectivity index (χ1) is 11.4. The number of carbonyl (C=O) groups is 2. The molecule has 0 bridgehead atoms. The fourth-order valence-electron chi connectivity index (χ4n) is 2.53. The Morgan fingerprint density at radius 1 is 1.42 bits per heavy atom. The highest BCUT2D eigenvalue weighted by molar-refractivity contribution is 9.10. The molecule has 2 rings (SSSR count). The van der Waals surface area contributed by atoms with E-state index in [4.69, 9.17) is 5.73 Å². The minimum absolute atomic E-state index is 0.0223. The first-order valence-corrected chi connectivity index (χ1v) is 8.17. The number of hydrogen-bond donors (Lipinski definition) is 1. The van der Waals surface area contributed by atoms with E-state index in [1.54, 1.807) is 12.1 Å². The van der Waals surface area contributed by atoms with Crippen LogP contribution in [0.4, 0.5) is 8.78 Å². The maximum Gasteiger partial charge on any atom is 0.387 e. The molecule has 130 valence electrons. The number of rotatable bonds is 5. The summed E-state index contributed by atoms with van der Waals surface area (Å²) in [6, 6.07) is 4.54. The van der Waals surface area contributed by atoms with Gasteiger partial charge in [0, 0.05) is 29.2 Å². The van der Waals surface area contributed by atoms with E-state index in [2.05, 4.69) is 20.7 Å². The van der Waals surface area contributed by atoms with Crippen molar-refractivity contribution in [2.75, 3.05) is 13.1 Å². The second kappa shape index (κ2) is 8.23.